The van der Waals surface area contributed by atoms with Gasteiger partial charge in [0.15, 0.2) is 6.61 Å². The molecule has 0 saturated heterocycles. The predicted octanol–water partition coefficient (Wildman–Crippen LogP) is 1.80. The fraction of sp³-hybridized carbons (Fsp3) is 0.286. The zero-order valence-corrected chi connectivity index (χ0v) is 15.7. The molecule has 0 unspecified atom stereocenters. The van der Waals surface area contributed by atoms with E-state index in [0.29, 0.717) is 37.1 Å². The van der Waals surface area contributed by atoms with Gasteiger partial charge in [-0.05, 0) is 48.2 Å². The molecule has 0 radical (unpaired) electrons. The first kappa shape index (κ1) is 21.0. The third-order valence-electron chi connectivity index (χ3n) is 4.08. The number of benzene rings is 2. The van der Waals surface area contributed by atoms with Crippen LogP contribution in [0.25, 0.3) is 0 Å². The molecule has 0 aromatic heterocycles. The third kappa shape index (κ3) is 7.11. The molecular formula is C21H24N2O5. The summed E-state index contributed by atoms with van der Waals surface area (Å²) < 4.78 is 5.08. The maximum absolute atomic E-state index is 12.0. The van der Waals surface area contributed by atoms with Crippen molar-refractivity contribution in [3.8, 4) is 5.75 Å². The summed E-state index contributed by atoms with van der Waals surface area (Å²) in [5, 5.41) is 14.0. The van der Waals surface area contributed by atoms with Crippen LogP contribution in [0.2, 0.25) is 0 Å². The van der Waals surface area contributed by atoms with E-state index in [2.05, 4.69) is 10.6 Å². The lowest BCUT2D eigenvalue weighted by atomic mass is 10.1. The minimum absolute atomic E-state index is 0.0493. The van der Waals surface area contributed by atoms with Crippen LogP contribution in [0.3, 0.4) is 0 Å². The molecule has 0 spiro atoms. The number of aliphatic carboxylic acids is 1. The zero-order valence-electron chi connectivity index (χ0n) is 15.7. The van der Waals surface area contributed by atoms with Gasteiger partial charge in [0.1, 0.15) is 5.75 Å². The lowest BCUT2D eigenvalue weighted by Crippen LogP contribution is -2.25. The second-order valence-corrected chi connectivity index (χ2v) is 6.21. The highest BCUT2D eigenvalue weighted by Crippen LogP contribution is 2.12. The van der Waals surface area contributed by atoms with Gasteiger partial charge in [-0.25, -0.2) is 4.79 Å². The van der Waals surface area contributed by atoms with Crippen LogP contribution in [-0.4, -0.2) is 43.1 Å². The fourth-order valence-electron chi connectivity index (χ4n) is 2.60. The zero-order chi connectivity index (χ0) is 20.4. The maximum Gasteiger partial charge on any atom is 0.341 e. The van der Waals surface area contributed by atoms with Crippen LogP contribution >= 0.6 is 0 Å². The van der Waals surface area contributed by atoms with Crippen LogP contribution < -0.4 is 15.4 Å². The van der Waals surface area contributed by atoms with Crippen molar-refractivity contribution in [1.82, 2.24) is 10.6 Å². The van der Waals surface area contributed by atoms with Gasteiger partial charge in [-0.2, -0.15) is 0 Å². The minimum atomic E-state index is -1.02. The molecule has 0 heterocycles. The van der Waals surface area contributed by atoms with Crippen molar-refractivity contribution >= 4 is 17.8 Å². The number of hydrogen-bond acceptors (Lipinski definition) is 4. The number of carboxylic acid groups (broad SMARTS) is 1. The van der Waals surface area contributed by atoms with E-state index in [0.717, 1.165) is 11.1 Å². The number of amides is 2. The van der Waals surface area contributed by atoms with Crippen molar-refractivity contribution in [2.45, 2.75) is 19.3 Å². The standard InChI is InChI=1S/C21H24N2O5/c1-22-21(27)17-4-2-3-16(13-17)7-10-19(24)23-12-11-15-5-8-18(9-6-15)28-14-20(25)26/h2-6,8-9,13H,7,10-12,14H2,1H3,(H,22,27)(H,23,24)(H,25,26). The quantitative estimate of drug-likeness (QED) is 0.579. The molecule has 7 heteroatoms. The smallest absolute Gasteiger partial charge is 0.341 e. The number of hydrogen-bond donors (Lipinski definition) is 3. The van der Waals surface area contributed by atoms with Crippen LogP contribution in [0, 0.1) is 0 Å². The number of carbonyl (C=O) groups excluding carboxylic acids is 2. The van der Waals surface area contributed by atoms with Crippen molar-refractivity contribution in [3.05, 3.63) is 65.2 Å². The predicted molar refractivity (Wildman–Crippen MR) is 104 cm³/mol. The molecule has 28 heavy (non-hydrogen) atoms. The molecule has 2 aromatic carbocycles. The first-order valence-electron chi connectivity index (χ1n) is 8.99. The van der Waals surface area contributed by atoms with Crippen molar-refractivity contribution in [1.29, 1.82) is 0 Å². The lowest BCUT2D eigenvalue weighted by Gasteiger charge is -2.08. The molecule has 7 nitrogen and oxygen atoms in total. The Labute approximate surface area is 163 Å². The molecule has 0 bridgehead atoms. The summed E-state index contributed by atoms with van der Waals surface area (Å²) in [6, 6.07) is 14.3. The van der Waals surface area contributed by atoms with E-state index in [1.165, 1.54) is 0 Å². The van der Waals surface area contributed by atoms with Gasteiger partial charge in [0.25, 0.3) is 5.91 Å². The summed E-state index contributed by atoms with van der Waals surface area (Å²) in [6.07, 6.45) is 1.57. The van der Waals surface area contributed by atoms with Gasteiger partial charge in [-0.3, -0.25) is 9.59 Å². The van der Waals surface area contributed by atoms with Gasteiger partial charge < -0.3 is 20.5 Å². The largest absolute Gasteiger partial charge is 0.482 e. The van der Waals surface area contributed by atoms with Crippen LogP contribution in [0.5, 0.6) is 5.75 Å². The molecule has 2 rings (SSSR count). The molecule has 0 fully saturated rings. The van der Waals surface area contributed by atoms with E-state index < -0.39 is 5.97 Å². The molecule has 2 aromatic rings. The molecular weight excluding hydrogens is 360 g/mol. The number of carboxylic acids is 1. The Morgan fingerprint density at radius 3 is 2.43 bits per heavy atom. The molecule has 0 aliphatic carbocycles. The van der Waals surface area contributed by atoms with Crippen LogP contribution in [0.1, 0.15) is 27.9 Å². The maximum atomic E-state index is 12.0. The molecule has 2 amide bonds. The van der Waals surface area contributed by atoms with Gasteiger partial charge in [-0.1, -0.05) is 24.3 Å². The molecule has 148 valence electrons. The average molecular weight is 384 g/mol. The van der Waals surface area contributed by atoms with Crippen molar-refractivity contribution in [2.24, 2.45) is 0 Å². The Kier molecular flexibility index (Phi) is 8.02. The van der Waals surface area contributed by atoms with Crippen molar-refractivity contribution in [3.63, 3.8) is 0 Å². The van der Waals surface area contributed by atoms with Gasteiger partial charge in [0.2, 0.25) is 5.91 Å². The van der Waals surface area contributed by atoms with Crippen molar-refractivity contribution < 1.29 is 24.2 Å². The Bertz CT molecular complexity index is 818. The van der Waals surface area contributed by atoms with E-state index in [4.69, 9.17) is 9.84 Å². The summed E-state index contributed by atoms with van der Waals surface area (Å²) in [4.78, 5) is 34.1. The second-order valence-electron chi connectivity index (χ2n) is 6.21. The highest BCUT2D eigenvalue weighted by molar-refractivity contribution is 5.94. The summed E-state index contributed by atoms with van der Waals surface area (Å²) in [7, 11) is 1.58. The third-order valence-corrected chi connectivity index (χ3v) is 4.08. The number of rotatable bonds is 10. The van der Waals surface area contributed by atoms with Crippen LogP contribution in [-0.2, 0) is 22.4 Å². The number of nitrogens with one attached hydrogen (secondary N) is 2. The topological polar surface area (TPSA) is 105 Å². The van der Waals surface area contributed by atoms with E-state index in [1.807, 2.05) is 24.3 Å². The summed E-state index contributed by atoms with van der Waals surface area (Å²) in [5.74, 6) is -0.723. The van der Waals surface area contributed by atoms with E-state index in [-0.39, 0.29) is 18.4 Å². The van der Waals surface area contributed by atoms with Gasteiger partial charge in [0.05, 0.1) is 0 Å². The number of aryl methyl sites for hydroxylation is 1. The van der Waals surface area contributed by atoms with E-state index in [1.54, 1.807) is 31.3 Å². The molecule has 0 saturated carbocycles. The lowest BCUT2D eigenvalue weighted by molar-refractivity contribution is -0.139. The normalized spacial score (nSPS) is 10.2. The SMILES string of the molecule is CNC(=O)c1cccc(CCC(=O)NCCc2ccc(OCC(=O)O)cc2)c1. The first-order chi connectivity index (χ1) is 13.5. The molecule has 0 aliphatic rings. The number of ether oxygens (including phenoxy) is 1. The minimum Gasteiger partial charge on any atom is -0.482 e. The van der Waals surface area contributed by atoms with Gasteiger partial charge in [0, 0.05) is 25.6 Å². The highest BCUT2D eigenvalue weighted by atomic mass is 16.5. The Hall–Kier alpha value is -3.35. The number of carbonyl (C=O) groups is 3. The highest BCUT2D eigenvalue weighted by Gasteiger charge is 2.06. The first-order valence-corrected chi connectivity index (χ1v) is 8.99. The van der Waals surface area contributed by atoms with Crippen LogP contribution in [0.15, 0.2) is 48.5 Å². The van der Waals surface area contributed by atoms with Crippen LogP contribution in [0.4, 0.5) is 0 Å². The Morgan fingerprint density at radius 1 is 1.00 bits per heavy atom. The monoisotopic (exact) mass is 384 g/mol. The van der Waals surface area contributed by atoms with E-state index in [9.17, 15) is 14.4 Å². The summed E-state index contributed by atoms with van der Waals surface area (Å²) >= 11 is 0. The van der Waals surface area contributed by atoms with Crippen molar-refractivity contribution in [2.75, 3.05) is 20.2 Å². The Balaban J connectivity index is 1.71. The Morgan fingerprint density at radius 2 is 1.75 bits per heavy atom. The summed E-state index contributed by atoms with van der Waals surface area (Å²) in [5.41, 5.74) is 2.53. The van der Waals surface area contributed by atoms with Gasteiger partial charge >= 0.3 is 5.97 Å². The molecule has 0 atom stereocenters. The van der Waals surface area contributed by atoms with Gasteiger partial charge in [-0.15, -0.1) is 0 Å². The van der Waals surface area contributed by atoms with E-state index >= 15 is 0 Å². The molecule has 3 N–H and O–H groups in total. The molecule has 0 aliphatic heterocycles. The summed E-state index contributed by atoms with van der Waals surface area (Å²) in [6.45, 7) is 0.133. The second kappa shape index (κ2) is 10.7. The average Bonchev–Trinajstić information content (AvgIpc) is 2.71. The fourth-order valence-corrected chi connectivity index (χ4v) is 2.60.